The summed E-state index contributed by atoms with van der Waals surface area (Å²) in [5.41, 5.74) is 0.555. The van der Waals surface area contributed by atoms with Crippen LogP contribution in [0.25, 0.3) is 0 Å². The Labute approximate surface area is 115 Å². The van der Waals surface area contributed by atoms with Gasteiger partial charge >= 0.3 is 0 Å². The van der Waals surface area contributed by atoms with Gasteiger partial charge in [0.05, 0.1) is 6.61 Å². The lowest BCUT2D eigenvalue weighted by Gasteiger charge is -2.48. The van der Waals surface area contributed by atoms with Crippen LogP contribution in [0.15, 0.2) is 0 Å². The molecule has 4 aliphatic carbocycles. The summed E-state index contributed by atoms with van der Waals surface area (Å²) < 4.78 is 11.6. The van der Waals surface area contributed by atoms with Crippen molar-refractivity contribution >= 4 is 0 Å². The summed E-state index contributed by atoms with van der Waals surface area (Å²) >= 11 is 0. The van der Waals surface area contributed by atoms with E-state index in [0.717, 1.165) is 48.0 Å². The van der Waals surface area contributed by atoms with E-state index < -0.39 is 0 Å². The summed E-state index contributed by atoms with van der Waals surface area (Å²) in [6.07, 6.45) is 8.14. The molecule has 4 bridgehead atoms. The molecule has 0 amide bonds. The SMILES string of the molecule is CC1CC2CC1C1C2C2CC1C1(CCOC3OC31)C2. The average molecular weight is 260 g/mol. The third-order valence-corrected chi connectivity index (χ3v) is 8.28. The minimum Gasteiger partial charge on any atom is -0.350 e. The average Bonchev–Trinajstić information content (AvgIpc) is 2.72. The van der Waals surface area contributed by atoms with E-state index in [9.17, 15) is 0 Å². The molecule has 2 heteroatoms. The zero-order valence-electron chi connectivity index (χ0n) is 11.8. The maximum absolute atomic E-state index is 5.90. The third-order valence-electron chi connectivity index (χ3n) is 8.28. The van der Waals surface area contributed by atoms with Crippen molar-refractivity contribution in [2.75, 3.05) is 6.61 Å². The summed E-state index contributed by atoms with van der Waals surface area (Å²) in [5.74, 6) is 7.45. The molecule has 2 saturated heterocycles. The van der Waals surface area contributed by atoms with Gasteiger partial charge in [0.15, 0.2) is 6.29 Å². The van der Waals surface area contributed by atoms with Gasteiger partial charge in [-0.3, -0.25) is 0 Å². The normalized spacial score (nSPS) is 71.5. The van der Waals surface area contributed by atoms with Gasteiger partial charge in [-0.2, -0.15) is 0 Å². The molecule has 104 valence electrons. The molecule has 10 atom stereocenters. The van der Waals surface area contributed by atoms with Crippen molar-refractivity contribution in [3.05, 3.63) is 0 Å². The fourth-order valence-electron chi connectivity index (χ4n) is 7.92. The molecule has 6 rings (SSSR count). The predicted octanol–water partition coefficient (Wildman–Crippen LogP) is 3.07. The second-order valence-electron chi connectivity index (χ2n) is 8.61. The van der Waals surface area contributed by atoms with Crippen molar-refractivity contribution in [1.29, 1.82) is 0 Å². The van der Waals surface area contributed by atoms with Crippen LogP contribution in [-0.2, 0) is 9.47 Å². The summed E-state index contributed by atoms with van der Waals surface area (Å²) in [4.78, 5) is 0. The maximum Gasteiger partial charge on any atom is 0.184 e. The molecule has 10 unspecified atom stereocenters. The zero-order chi connectivity index (χ0) is 12.4. The van der Waals surface area contributed by atoms with Crippen LogP contribution in [0.4, 0.5) is 0 Å². The lowest BCUT2D eigenvalue weighted by Crippen LogP contribution is -2.47. The molecule has 6 fully saturated rings. The molecule has 2 heterocycles. The van der Waals surface area contributed by atoms with E-state index in [1.165, 1.54) is 12.8 Å². The van der Waals surface area contributed by atoms with Crippen molar-refractivity contribution in [1.82, 2.24) is 0 Å². The Balaban J connectivity index is 1.41. The molecule has 4 saturated carbocycles. The molecule has 6 aliphatic rings. The van der Waals surface area contributed by atoms with Gasteiger partial charge in [0, 0.05) is 5.41 Å². The Morgan fingerprint density at radius 3 is 2.95 bits per heavy atom. The number of hydrogen-bond acceptors (Lipinski definition) is 2. The van der Waals surface area contributed by atoms with Gasteiger partial charge in [-0.25, -0.2) is 0 Å². The molecule has 1 spiro atoms. The Bertz CT molecular complexity index is 449. The van der Waals surface area contributed by atoms with E-state index >= 15 is 0 Å². The van der Waals surface area contributed by atoms with Crippen molar-refractivity contribution in [2.45, 2.75) is 51.4 Å². The molecule has 2 aliphatic heterocycles. The van der Waals surface area contributed by atoms with E-state index in [1.807, 2.05) is 0 Å². The highest BCUT2D eigenvalue weighted by atomic mass is 16.8. The summed E-state index contributed by atoms with van der Waals surface area (Å²) in [6.45, 7) is 3.49. The van der Waals surface area contributed by atoms with Crippen LogP contribution < -0.4 is 0 Å². The van der Waals surface area contributed by atoms with Crippen molar-refractivity contribution in [3.63, 3.8) is 0 Å². The number of ether oxygens (including phenoxy) is 2. The number of hydrogen-bond donors (Lipinski definition) is 0. The Morgan fingerprint density at radius 2 is 2.00 bits per heavy atom. The van der Waals surface area contributed by atoms with E-state index in [-0.39, 0.29) is 6.29 Å². The van der Waals surface area contributed by atoms with Crippen LogP contribution in [0.2, 0.25) is 0 Å². The second kappa shape index (κ2) is 3.06. The molecule has 0 aromatic heterocycles. The predicted molar refractivity (Wildman–Crippen MR) is 70.2 cm³/mol. The van der Waals surface area contributed by atoms with Crippen molar-refractivity contribution in [2.24, 2.45) is 46.8 Å². The largest absolute Gasteiger partial charge is 0.350 e. The minimum atomic E-state index is 0.197. The molecule has 0 N–H and O–H groups in total. The number of rotatable bonds is 0. The molecule has 0 aromatic rings. The second-order valence-corrected chi connectivity index (χ2v) is 8.61. The van der Waals surface area contributed by atoms with E-state index in [0.29, 0.717) is 11.5 Å². The first kappa shape index (κ1) is 10.6. The van der Waals surface area contributed by atoms with Crippen LogP contribution in [-0.4, -0.2) is 19.0 Å². The van der Waals surface area contributed by atoms with Crippen LogP contribution in [0.1, 0.15) is 39.0 Å². The third kappa shape index (κ3) is 1.05. The number of epoxide rings is 1. The number of fused-ring (bicyclic) bond motifs is 12. The molecular formula is C17H24O2. The monoisotopic (exact) mass is 260 g/mol. The molecule has 19 heavy (non-hydrogen) atoms. The van der Waals surface area contributed by atoms with Crippen molar-refractivity contribution < 1.29 is 9.47 Å². The van der Waals surface area contributed by atoms with Gasteiger partial charge in [0.2, 0.25) is 0 Å². The quantitative estimate of drug-likeness (QED) is 0.493. The highest BCUT2D eigenvalue weighted by Crippen LogP contribution is 2.76. The van der Waals surface area contributed by atoms with Gasteiger partial charge in [-0.1, -0.05) is 6.92 Å². The van der Waals surface area contributed by atoms with Crippen molar-refractivity contribution in [3.8, 4) is 0 Å². The molecule has 2 nitrogen and oxygen atoms in total. The van der Waals surface area contributed by atoms with Gasteiger partial charge in [-0.15, -0.1) is 0 Å². The van der Waals surface area contributed by atoms with Crippen LogP contribution in [0.5, 0.6) is 0 Å². The maximum atomic E-state index is 5.90. The minimum absolute atomic E-state index is 0.197. The lowest BCUT2D eigenvalue weighted by atomic mass is 9.57. The highest BCUT2D eigenvalue weighted by Gasteiger charge is 2.73. The van der Waals surface area contributed by atoms with Gasteiger partial charge in [0.1, 0.15) is 6.10 Å². The van der Waals surface area contributed by atoms with Gasteiger partial charge < -0.3 is 9.47 Å². The highest BCUT2D eigenvalue weighted by molar-refractivity contribution is 5.20. The molecular weight excluding hydrogens is 236 g/mol. The molecule has 0 radical (unpaired) electrons. The summed E-state index contributed by atoms with van der Waals surface area (Å²) in [6, 6.07) is 0. The Kier molecular flexibility index (Phi) is 1.71. The Hall–Kier alpha value is -0.0800. The lowest BCUT2D eigenvalue weighted by molar-refractivity contribution is -0.0456. The first-order valence-corrected chi connectivity index (χ1v) is 8.55. The van der Waals surface area contributed by atoms with Gasteiger partial charge in [-0.05, 0) is 73.5 Å². The van der Waals surface area contributed by atoms with Crippen LogP contribution >= 0.6 is 0 Å². The van der Waals surface area contributed by atoms with E-state index in [2.05, 4.69) is 6.92 Å². The summed E-state index contributed by atoms with van der Waals surface area (Å²) in [5, 5.41) is 0. The molecule has 0 aromatic carbocycles. The first-order valence-electron chi connectivity index (χ1n) is 8.55. The van der Waals surface area contributed by atoms with Gasteiger partial charge in [0.25, 0.3) is 0 Å². The fraction of sp³-hybridized carbons (Fsp3) is 1.00. The first-order chi connectivity index (χ1) is 9.28. The fourth-order valence-corrected chi connectivity index (χ4v) is 7.92. The standard InChI is InChI=1S/C17H24O2/c1-8-4-9-5-11(8)14-12-6-10(13(9)14)7-17(12)2-3-18-16-15(17)19-16/h8-16H,2-7H2,1H3. The summed E-state index contributed by atoms with van der Waals surface area (Å²) in [7, 11) is 0. The van der Waals surface area contributed by atoms with E-state index in [4.69, 9.17) is 9.47 Å². The van der Waals surface area contributed by atoms with Crippen LogP contribution in [0, 0.1) is 46.8 Å². The Morgan fingerprint density at radius 1 is 1.05 bits per heavy atom. The van der Waals surface area contributed by atoms with E-state index in [1.54, 1.807) is 19.3 Å². The van der Waals surface area contributed by atoms with Crippen LogP contribution in [0.3, 0.4) is 0 Å². The zero-order valence-corrected chi connectivity index (χ0v) is 11.8. The topological polar surface area (TPSA) is 21.8 Å². The smallest absolute Gasteiger partial charge is 0.184 e.